The second kappa shape index (κ2) is 5.72. The van der Waals surface area contributed by atoms with E-state index in [0.29, 0.717) is 17.3 Å². The molecule has 24 heavy (non-hydrogen) atoms. The number of thioether (sulfide) groups is 1. The summed E-state index contributed by atoms with van der Waals surface area (Å²) in [6.07, 6.45) is 0. The third-order valence-corrected chi connectivity index (χ3v) is 5.93. The summed E-state index contributed by atoms with van der Waals surface area (Å²) in [5, 5.41) is 3.81. The van der Waals surface area contributed by atoms with Gasteiger partial charge in [-0.2, -0.15) is 0 Å². The van der Waals surface area contributed by atoms with Crippen LogP contribution in [0.2, 0.25) is 5.02 Å². The molecule has 2 aliphatic heterocycles. The summed E-state index contributed by atoms with van der Waals surface area (Å²) in [6.45, 7) is 0.755. The molecule has 2 aromatic carbocycles. The summed E-state index contributed by atoms with van der Waals surface area (Å²) in [7, 11) is 0. The van der Waals surface area contributed by atoms with Gasteiger partial charge >= 0.3 is 0 Å². The maximum absolute atomic E-state index is 14.0. The quantitative estimate of drug-likeness (QED) is 0.880. The summed E-state index contributed by atoms with van der Waals surface area (Å²) < 4.78 is 27.1. The number of halogens is 3. The molecule has 0 saturated carbocycles. The number of hydrogen-bond acceptors (Lipinski definition) is 3. The van der Waals surface area contributed by atoms with E-state index in [1.54, 1.807) is 18.2 Å². The van der Waals surface area contributed by atoms with Crippen LogP contribution in [0.15, 0.2) is 36.4 Å². The Labute approximate surface area is 147 Å². The minimum absolute atomic E-state index is 0.0452. The highest BCUT2D eigenvalue weighted by atomic mass is 35.5. The number of carbonyl (C=O) groups is 1. The summed E-state index contributed by atoms with van der Waals surface area (Å²) >= 11 is 7.63. The van der Waals surface area contributed by atoms with Crippen LogP contribution in [0.1, 0.15) is 11.1 Å². The average Bonchev–Trinajstić information content (AvgIpc) is 3.11. The van der Waals surface area contributed by atoms with Crippen LogP contribution in [0.5, 0.6) is 0 Å². The molecule has 4 rings (SSSR count). The molecule has 1 saturated heterocycles. The van der Waals surface area contributed by atoms with Crippen LogP contribution in [0.3, 0.4) is 0 Å². The summed E-state index contributed by atoms with van der Waals surface area (Å²) in [5.74, 6) is -0.644. The molecule has 1 amide bonds. The van der Waals surface area contributed by atoms with Crippen molar-refractivity contribution in [2.75, 3.05) is 17.2 Å². The van der Waals surface area contributed by atoms with Gasteiger partial charge in [-0.3, -0.25) is 10.1 Å². The fraction of sp³-hybridized carbons (Fsp3) is 0.235. The molecule has 7 heteroatoms. The third-order valence-electron chi connectivity index (χ3n) is 4.31. The van der Waals surface area contributed by atoms with Gasteiger partial charge in [0.25, 0.3) is 5.91 Å². The second-order valence-corrected chi connectivity index (χ2v) is 7.49. The van der Waals surface area contributed by atoms with Crippen molar-refractivity contribution in [2.45, 2.75) is 11.4 Å². The van der Waals surface area contributed by atoms with Crippen molar-refractivity contribution >= 4 is 35.0 Å². The Kier molecular flexibility index (Phi) is 3.78. The monoisotopic (exact) mass is 366 g/mol. The molecule has 0 aromatic heterocycles. The number of amides is 1. The Morgan fingerprint density at radius 2 is 2.08 bits per heavy atom. The van der Waals surface area contributed by atoms with E-state index in [1.807, 2.05) is 0 Å². The Balaban J connectivity index is 1.78. The highest BCUT2D eigenvalue weighted by molar-refractivity contribution is 8.01. The van der Waals surface area contributed by atoms with Crippen LogP contribution in [0.4, 0.5) is 14.5 Å². The van der Waals surface area contributed by atoms with Crippen LogP contribution in [0, 0.1) is 11.6 Å². The molecular weight excluding hydrogens is 354 g/mol. The van der Waals surface area contributed by atoms with Crippen molar-refractivity contribution in [3.63, 3.8) is 0 Å². The summed E-state index contributed by atoms with van der Waals surface area (Å²) in [6, 6.07) is 8.65. The summed E-state index contributed by atoms with van der Waals surface area (Å²) in [4.78, 5) is 13.8. The molecule has 0 radical (unpaired) electrons. The van der Waals surface area contributed by atoms with E-state index in [1.165, 1.54) is 28.8 Å². The standard InChI is InChI=1S/C17H13ClF2N2OS/c18-11-2-4-15-13(7-11)17(21-5-6-24-17)16(23)22(15)9-10-1-3-12(19)8-14(10)20/h1-4,7-8,21H,5-6,9H2. The number of hydrogen-bond donors (Lipinski definition) is 1. The van der Waals surface area contributed by atoms with E-state index in [9.17, 15) is 13.6 Å². The Bertz CT molecular complexity index is 839. The fourth-order valence-corrected chi connectivity index (χ4v) is 4.65. The second-order valence-electron chi connectivity index (χ2n) is 5.74. The van der Waals surface area contributed by atoms with Gasteiger partial charge < -0.3 is 4.90 Å². The van der Waals surface area contributed by atoms with Gasteiger partial charge in [-0.1, -0.05) is 17.7 Å². The number of nitrogens with one attached hydrogen (secondary N) is 1. The molecule has 2 heterocycles. The van der Waals surface area contributed by atoms with E-state index in [-0.39, 0.29) is 18.0 Å². The molecule has 0 bridgehead atoms. The maximum atomic E-state index is 14.0. The van der Waals surface area contributed by atoms with Crippen molar-refractivity contribution in [1.29, 1.82) is 0 Å². The van der Waals surface area contributed by atoms with Gasteiger partial charge in [0.15, 0.2) is 4.87 Å². The predicted molar refractivity (Wildman–Crippen MR) is 91.1 cm³/mol. The maximum Gasteiger partial charge on any atom is 0.262 e. The number of nitrogens with zero attached hydrogens (tertiary/aromatic N) is 1. The van der Waals surface area contributed by atoms with Gasteiger partial charge in [0, 0.05) is 34.5 Å². The van der Waals surface area contributed by atoms with E-state index in [2.05, 4.69) is 5.32 Å². The zero-order valence-electron chi connectivity index (χ0n) is 12.5. The molecule has 124 valence electrons. The van der Waals surface area contributed by atoms with Gasteiger partial charge in [-0.05, 0) is 24.3 Å². The topological polar surface area (TPSA) is 32.3 Å². The third kappa shape index (κ3) is 2.32. The van der Waals surface area contributed by atoms with Crippen molar-refractivity contribution in [3.05, 3.63) is 64.2 Å². The van der Waals surface area contributed by atoms with Crippen LogP contribution >= 0.6 is 23.4 Å². The van der Waals surface area contributed by atoms with Crippen LogP contribution < -0.4 is 10.2 Å². The van der Waals surface area contributed by atoms with Crippen molar-refractivity contribution < 1.29 is 13.6 Å². The van der Waals surface area contributed by atoms with Crippen molar-refractivity contribution in [3.8, 4) is 0 Å². The molecule has 1 unspecified atom stereocenters. The highest BCUT2D eigenvalue weighted by Gasteiger charge is 2.53. The fourth-order valence-electron chi connectivity index (χ4n) is 3.21. The van der Waals surface area contributed by atoms with Gasteiger partial charge in [0.05, 0.1) is 12.2 Å². The zero-order valence-corrected chi connectivity index (χ0v) is 14.1. The van der Waals surface area contributed by atoms with E-state index >= 15 is 0 Å². The first kappa shape index (κ1) is 15.9. The number of rotatable bonds is 2. The average molecular weight is 367 g/mol. The highest BCUT2D eigenvalue weighted by Crippen LogP contribution is 2.50. The molecule has 1 atom stereocenters. The lowest BCUT2D eigenvalue weighted by Gasteiger charge is -2.23. The van der Waals surface area contributed by atoms with Gasteiger partial charge in [0.2, 0.25) is 0 Å². The molecule has 2 aliphatic rings. The largest absolute Gasteiger partial charge is 0.305 e. The van der Waals surface area contributed by atoms with Crippen LogP contribution in [-0.4, -0.2) is 18.2 Å². The lowest BCUT2D eigenvalue weighted by molar-refractivity contribution is -0.121. The van der Waals surface area contributed by atoms with Gasteiger partial charge in [-0.15, -0.1) is 11.8 Å². The number of fused-ring (bicyclic) bond motifs is 2. The molecule has 1 N–H and O–H groups in total. The van der Waals surface area contributed by atoms with Crippen LogP contribution in [0.25, 0.3) is 0 Å². The first-order valence-corrected chi connectivity index (χ1v) is 8.82. The molecule has 1 fully saturated rings. The predicted octanol–water partition coefficient (Wildman–Crippen LogP) is 3.65. The SMILES string of the molecule is O=C1N(Cc2ccc(F)cc2F)c2ccc(Cl)cc2C12NCCS2. The Hall–Kier alpha value is -1.63. The minimum atomic E-state index is -0.864. The Morgan fingerprint density at radius 3 is 2.79 bits per heavy atom. The normalized spacial score (nSPS) is 22.5. The lowest BCUT2D eigenvalue weighted by Crippen LogP contribution is -2.44. The smallest absolute Gasteiger partial charge is 0.262 e. The molecule has 3 nitrogen and oxygen atoms in total. The molecule has 0 aliphatic carbocycles. The Morgan fingerprint density at radius 1 is 1.25 bits per heavy atom. The number of benzene rings is 2. The first-order valence-electron chi connectivity index (χ1n) is 7.46. The molecular formula is C17H13ClF2N2OS. The summed E-state index contributed by atoms with van der Waals surface area (Å²) in [5.41, 5.74) is 1.77. The van der Waals surface area contributed by atoms with E-state index < -0.39 is 16.5 Å². The number of anilines is 1. The first-order chi connectivity index (χ1) is 11.5. The van der Waals surface area contributed by atoms with Crippen molar-refractivity contribution in [2.24, 2.45) is 0 Å². The lowest BCUT2D eigenvalue weighted by atomic mass is 10.1. The molecule has 1 spiro atoms. The zero-order chi connectivity index (χ0) is 16.9. The van der Waals surface area contributed by atoms with E-state index in [0.717, 1.165) is 17.4 Å². The number of carbonyl (C=O) groups excluding carboxylic acids is 1. The van der Waals surface area contributed by atoms with Crippen molar-refractivity contribution in [1.82, 2.24) is 5.32 Å². The van der Waals surface area contributed by atoms with Gasteiger partial charge in [0.1, 0.15) is 11.6 Å². The van der Waals surface area contributed by atoms with Gasteiger partial charge in [-0.25, -0.2) is 8.78 Å². The minimum Gasteiger partial charge on any atom is -0.305 e. The molecule has 2 aromatic rings. The van der Waals surface area contributed by atoms with E-state index in [4.69, 9.17) is 11.6 Å². The van der Waals surface area contributed by atoms with Crippen LogP contribution in [-0.2, 0) is 16.2 Å².